The maximum atomic E-state index is 13.3. The van der Waals surface area contributed by atoms with Crippen molar-refractivity contribution in [3.63, 3.8) is 0 Å². The van der Waals surface area contributed by atoms with Crippen LogP contribution in [0.15, 0.2) is 12.1 Å². The molecule has 1 aromatic carbocycles. The quantitative estimate of drug-likeness (QED) is 0.405. The highest BCUT2D eigenvalue weighted by atomic mass is 35.5. The van der Waals surface area contributed by atoms with E-state index in [0.29, 0.717) is 35.3 Å². The highest BCUT2D eigenvalue weighted by molar-refractivity contribution is 7.91. The lowest BCUT2D eigenvalue weighted by Crippen LogP contribution is -2.36. The minimum atomic E-state index is -3.14. The molecule has 2 heterocycles. The number of unbranched alkanes of at least 4 members (excludes halogenated alkanes) is 1. The summed E-state index contributed by atoms with van der Waals surface area (Å²) in [7, 11) is -3.14. The zero-order chi connectivity index (χ0) is 26.0. The zero-order valence-corrected chi connectivity index (χ0v) is 23.4. The lowest BCUT2D eigenvalue weighted by Gasteiger charge is -2.19. The summed E-state index contributed by atoms with van der Waals surface area (Å²) in [5, 5.41) is 6.70. The largest absolute Gasteiger partial charge is 0.490 e. The molecule has 2 N–H and O–H groups in total. The number of carbonyl (C=O) groups is 2. The van der Waals surface area contributed by atoms with Crippen LogP contribution in [-0.2, 0) is 22.7 Å². The van der Waals surface area contributed by atoms with Crippen LogP contribution >= 0.6 is 34.5 Å². The summed E-state index contributed by atoms with van der Waals surface area (Å²) in [6, 6.07) is 2.58. The first kappa shape index (κ1) is 27.2. The molecule has 2 aliphatic rings. The molecule has 2 atom stereocenters. The molecule has 1 aromatic heterocycles. The number of amides is 2. The van der Waals surface area contributed by atoms with Gasteiger partial charge in [0.2, 0.25) is 0 Å². The number of hydrogen-bond donors (Lipinski definition) is 2. The molecular formula is C25H30Cl2N2O5S2. The third-order valence-electron chi connectivity index (χ3n) is 6.54. The van der Waals surface area contributed by atoms with Crippen LogP contribution in [-0.4, -0.2) is 44.4 Å². The highest BCUT2D eigenvalue weighted by Gasteiger charge is 2.33. The monoisotopic (exact) mass is 572 g/mol. The number of ether oxygens (including phenoxy) is 1. The van der Waals surface area contributed by atoms with Gasteiger partial charge in [-0.25, -0.2) is 8.42 Å². The molecule has 4 rings (SSSR count). The van der Waals surface area contributed by atoms with Crippen LogP contribution in [0.5, 0.6) is 5.75 Å². The molecule has 11 heteroatoms. The van der Waals surface area contributed by atoms with E-state index in [0.717, 1.165) is 42.5 Å². The van der Waals surface area contributed by atoms with Crippen LogP contribution in [0.2, 0.25) is 10.0 Å². The number of fused-ring (bicyclic) bond motifs is 1. The number of benzene rings is 1. The molecule has 2 unspecified atom stereocenters. The molecule has 1 aliphatic heterocycles. The minimum absolute atomic E-state index is 0.0620. The van der Waals surface area contributed by atoms with Gasteiger partial charge in [-0.1, -0.05) is 43.5 Å². The van der Waals surface area contributed by atoms with E-state index in [-0.39, 0.29) is 33.0 Å². The van der Waals surface area contributed by atoms with Crippen LogP contribution in [0.4, 0.5) is 5.00 Å². The van der Waals surface area contributed by atoms with Gasteiger partial charge >= 0.3 is 0 Å². The van der Waals surface area contributed by atoms with E-state index in [1.54, 1.807) is 0 Å². The van der Waals surface area contributed by atoms with E-state index >= 15 is 0 Å². The molecule has 2 aromatic rings. The first-order valence-electron chi connectivity index (χ1n) is 12.2. The van der Waals surface area contributed by atoms with Gasteiger partial charge < -0.3 is 15.4 Å². The first-order chi connectivity index (χ1) is 17.1. The highest BCUT2D eigenvalue weighted by Crippen LogP contribution is 2.40. The van der Waals surface area contributed by atoms with Crippen molar-refractivity contribution in [2.45, 2.75) is 58.4 Å². The number of hydrogen-bond acceptors (Lipinski definition) is 6. The van der Waals surface area contributed by atoms with E-state index in [1.165, 1.54) is 23.5 Å². The maximum Gasteiger partial charge on any atom is 0.256 e. The predicted octanol–water partition coefficient (Wildman–Crippen LogP) is 5.53. The number of sulfone groups is 1. The zero-order valence-electron chi connectivity index (χ0n) is 20.3. The second kappa shape index (κ2) is 11.3. The summed E-state index contributed by atoms with van der Waals surface area (Å²) in [6.07, 6.45) is 4.72. The van der Waals surface area contributed by atoms with Crippen molar-refractivity contribution in [3.8, 4) is 5.75 Å². The molecule has 0 bridgehead atoms. The van der Waals surface area contributed by atoms with Crippen molar-refractivity contribution < 1.29 is 22.7 Å². The van der Waals surface area contributed by atoms with Crippen LogP contribution < -0.4 is 15.4 Å². The van der Waals surface area contributed by atoms with Gasteiger partial charge in [-0.15, -0.1) is 11.3 Å². The van der Waals surface area contributed by atoms with E-state index in [9.17, 15) is 18.0 Å². The van der Waals surface area contributed by atoms with Crippen LogP contribution in [0.3, 0.4) is 0 Å². The number of nitrogens with one attached hydrogen (secondary N) is 2. The Morgan fingerprint density at radius 3 is 2.53 bits per heavy atom. The number of thiophene rings is 1. The fourth-order valence-electron chi connectivity index (χ4n) is 4.57. The molecule has 0 saturated carbocycles. The summed E-state index contributed by atoms with van der Waals surface area (Å²) in [5.41, 5.74) is 1.61. The van der Waals surface area contributed by atoms with Gasteiger partial charge in [0, 0.05) is 16.5 Å². The second-order valence-corrected chi connectivity index (χ2v) is 13.7. The lowest BCUT2D eigenvalue weighted by molar-refractivity contribution is 0.0941. The van der Waals surface area contributed by atoms with E-state index in [2.05, 4.69) is 17.6 Å². The lowest BCUT2D eigenvalue weighted by atomic mass is 9.88. The number of carbonyl (C=O) groups excluding carboxylic acids is 2. The topological polar surface area (TPSA) is 102 Å². The van der Waals surface area contributed by atoms with Gasteiger partial charge in [0.25, 0.3) is 11.8 Å². The molecule has 196 valence electrons. The second-order valence-electron chi connectivity index (χ2n) is 9.55. The van der Waals surface area contributed by atoms with Gasteiger partial charge in [0.1, 0.15) is 5.00 Å². The summed E-state index contributed by atoms with van der Waals surface area (Å²) >= 11 is 14.1. The molecule has 1 aliphatic carbocycles. The molecule has 1 fully saturated rings. The van der Waals surface area contributed by atoms with Crippen LogP contribution in [0.1, 0.15) is 70.7 Å². The Kier molecular flexibility index (Phi) is 8.54. The average molecular weight is 574 g/mol. The molecule has 1 saturated heterocycles. The molecular weight excluding hydrogens is 543 g/mol. The average Bonchev–Trinajstić information content (AvgIpc) is 3.33. The Morgan fingerprint density at radius 1 is 1.17 bits per heavy atom. The van der Waals surface area contributed by atoms with Crippen molar-refractivity contribution in [2.75, 3.05) is 23.4 Å². The van der Waals surface area contributed by atoms with E-state index in [1.807, 2.05) is 6.92 Å². The van der Waals surface area contributed by atoms with Crippen molar-refractivity contribution in [2.24, 2.45) is 5.92 Å². The SMILES string of the molecule is CCCCOc1c(Cl)cc(C(=O)Nc2sc3c(c2C(=O)NC2CCS(=O)(=O)C2)CCC(C)C3)cc1Cl. The van der Waals surface area contributed by atoms with Crippen molar-refractivity contribution in [1.29, 1.82) is 0 Å². The number of anilines is 1. The van der Waals surface area contributed by atoms with Crippen LogP contribution in [0, 0.1) is 5.92 Å². The summed E-state index contributed by atoms with van der Waals surface area (Å²) in [6.45, 7) is 4.69. The maximum absolute atomic E-state index is 13.3. The first-order valence-corrected chi connectivity index (χ1v) is 15.6. The number of rotatable bonds is 8. The van der Waals surface area contributed by atoms with Crippen molar-refractivity contribution in [3.05, 3.63) is 43.7 Å². The van der Waals surface area contributed by atoms with E-state index in [4.69, 9.17) is 27.9 Å². The van der Waals surface area contributed by atoms with Crippen molar-refractivity contribution >= 4 is 61.2 Å². The standard InChI is InChI=1S/C25H30Cl2N2O5S2/c1-3-4-8-34-22-18(26)11-15(12-19(22)27)23(30)29-25-21(17-6-5-14(2)10-20(17)35-25)24(31)28-16-7-9-36(32,33)13-16/h11-12,14,16H,3-10,13H2,1-2H3,(H,28,31)(H,29,30). The van der Waals surface area contributed by atoms with Crippen molar-refractivity contribution in [1.82, 2.24) is 5.32 Å². The third kappa shape index (κ3) is 6.18. The smallest absolute Gasteiger partial charge is 0.256 e. The Morgan fingerprint density at radius 2 is 1.89 bits per heavy atom. The fraction of sp³-hybridized carbons (Fsp3) is 0.520. The molecule has 0 radical (unpaired) electrons. The normalized spacial score (nSPS) is 20.6. The Labute approximate surface area is 225 Å². The molecule has 7 nitrogen and oxygen atoms in total. The van der Waals surface area contributed by atoms with Gasteiger partial charge in [0.05, 0.1) is 33.7 Å². The Bertz CT molecular complexity index is 1250. The van der Waals surface area contributed by atoms with E-state index < -0.39 is 21.8 Å². The third-order valence-corrected chi connectivity index (χ3v) is 10.0. The summed E-state index contributed by atoms with van der Waals surface area (Å²) < 4.78 is 29.4. The number of halogens is 2. The fourth-order valence-corrected chi connectivity index (χ4v) is 8.24. The van der Waals surface area contributed by atoms with Gasteiger partial charge in [-0.05, 0) is 55.7 Å². The molecule has 0 spiro atoms. The Hall–Kier alpha value is -1.81. The van der Waals surface area contributed by atoms with Gasteiger partial charge in [0.15, 0.2) is 15.6 Å². The summed E-state index contributed by atoms with van der Waals surface area (Å²) in [5.74, 6) is 0.0377. The van der Waals surface area contributed by atoms with Crippen LogP contribution in [0.25, 0.3) is 0 Å². The minimum Gasteiger partial charge on any atom is -0.490 e. The molecule has 36 heavy (non-hydrogen) atoms. The Balaban J connectivity index is 1.58. The van der Waals surface area contributed by atoms with Gasteiger partial charge in [-0.2, -0.15) is 0 Å². The predicted molar refractivity (Wildman–Crippen MR) is 145 cm³/mol. The molecule has 2 amide bonds. The summed E-state index contributed by atoms with van der Waals surface area (Å²) in [4.78, 5) is 27.6. The van der Waals surface area contributed by atoms with Gasteiger partial charge in [-0.3, -0.25) is 9.59 Å².